The van der Waals surface area contributed by atoms with Crippen LogP contribution in [0.1, 0.15) is 27.9 Å². The highest BCUT2D eigenvalue weighted by Crippen LogP contribution is 2.29. The molecule has 1 N–H and O–H groups in total. The van der Waals surface area contributed by atoms with E-state index in [9.17, 15) is 18.0 Å². The number of carbonyl (C=O) groups excluding carboxylic acids is 2. The van der Waals surface area contributed by atoms with Crippen LogP contribution in [-0.2, 0) is 30.7 Å². The Morgan fingerprint density at radius 3 is 2.66 bits per heavy atom. The van der Waals surface area contributed by atoms with Crippen LogP contribution in [0.2, 0.25) is 0 Å². The fraction of sp³-hybridized carbons (Fsp3) is 0.450. The SMILES string of the molecule is CCOC(=O)c1sc(NC(=O)Cc2ccc(OC)c(S(=O)(=O)N3CCOCC3)c2)nc1C. The molecule has 1 saturated heterocycles. The summed E-state index contributed by atoms with van der Waals surface area (Å²) in [6.07, 6.45) is -0.0804. The van der Waals surface area contributed by atoms with Gasteiger partial charge in [-0.15, -0.1) is 0 Å². The fourth-order valence-corrected chi connectivity index (χ4v) is 5.63. The molecule has 1 amide bonds. The topological polar surface area (TPSA) is 124 Å². The van der Waals surface area contributed by atoms with Gasteiger partial charge in [0.05, 0.1) is 39.0 Å². The number of esters is 1. The molecule has 1 aromatic heterocycles. The third-order valence-corrected chi connectivity index (χ3v) is 7.66. The second-order valence-corrected chi connectivity index (χ2v) is 9.79. The van der Waals surface area contributed by atoms with Crippen LogP contribution in [0.4, 0.5) is 5.13 Å². The van der Waals surface area contributed by atoms with E-state index < -0.39 is 21.9 Å². The van der Waals surface area contributed by atoms with Crippen LogP contribution in [0.15, 0.2) is 23.1 Å². The molecule has 1 aliphatic rings. The number of anilines is 1. The molecule has 2 aromatic rings. The maximum Gasteiger partial charge on any atom is 0.350 e. The van der Waals surface area contributed by atoms with Gasteiger partial charge < -0.3 is 19.5 Å². The monoisotopic (exact) mass is 483 g/mol. The minimum Gasteiger partial charge on any atom is -0.495 e. The van der Waals surface area contributed by atoms with Gasteiger partial charge in [-0.05, 0) is 31.5 Å². The van der Waals surface area contributed by atoms with Crippen molar-refractivity contribution in [1.82, 2.24) is 9.29 Å². The number of amides is 1. The Labute approximate surface area is 190 Å². The van der Waals surface area contributed by atoms with Crippen LogP contribution in [0.5, 0.6) is 5.75 Å². The third kappa shape index (κ3) is 5.44. The number of sulfonamides is 1. The van der Waals surface area contributed by atoms with E-state index in [-0.39, 0.29) is 41.9 Å². The summed E-state index contributed by atoms with van der Waals surface area (Å²) in [5, 5.41) is 2.92. The van der Waals surface area contributed by atoms with Crippen molar-refractivity contribution < 1.29 is 32.2 Å². The average Bonchev–Trinajstić information content (AvgIpc) is 3.14. The molecule has 0 aliphatic carbocycles. The minimum absolute atomic E-state index is 0.00175. The lowest BCUT2D eigenvalue weighted by Crippen LogP contribution is -2.40. The Morgan fingerprint density at radius 2 is 2.00 bits per heavy atom. The van der Waals surface area contributed by atoms with E-state index in [1.165, 1.54) is 23.5 Å². The zero-order chi connectivity index (χ0) is 23.3. The van der Waals surface area contributed by atoms with E-state index in [1.807, 2.05) is 0 Å². The van der Waals surface area contributed by atoms with Gasteiger partial charge in [0.15, 0.2) is 5.13 Å². The summed E-state index contributed by atoms with van der Waals surface area (Å²) in [5.41, 5.74) is 0.959. The summed E-state index contributed by atoms with van der Waals surface area (Å²) in [4.78, 5) is 29.0. The van der Waals surface area contributed by atoms with Crippen LogP contribution in [0, 0.1) is 6.92 Å². The van der Waals surface area contributed by atoms with Gasteiger partial charge >= 0.3 is 5.97 Å². The number of thiazole rings is 1. The lowest BCUT2D eigenvalue weighted by molar-refractivity contribution is -0.115. The molecule has 0 spiro atoms. The van der Waals surface area contributed by atoms with Crippen molar-refractivity contribution in [3.63, 3.8) is 0 Å². The molecule has 12 heteroatoms. The Morgan fingerprint density at radius 1 is 1.28 bits per heavy atom. The van der Waals surface area contributed by atoms with Crippen LogP contribution in [-0.4, -0.2) is 69.6 Å². The molecule has 0 bridgehead atoms. The van der Waals surface area contributed by atoms with Crippen molar-refractivity contribution in [3.05, 3.63) is 34.3 Å². The van der Waals surface area contributed by atoms with E-state index in [1.54, 1.807) is 19.9 Å². The van der Waals surface area contributed by atoms with Crippen LogP contribution in [0.3, 0.4) is 0 Å². The second-order valence-electron chi connectivity index (χ2n) is 6.88. The van der Waals surface area contributed by atoms with E-state index in [0.29, 0.717) is 29.3 Å². The standard InChI is InChI=1S/C20H25N3O7S2/c1-4-30-19(25)18-13(2)21-20(31-18)22-17(24)12-14-5-6-15(28-3)16(11-14)32(26,27)23-7-9-29-10-8-23/h5-6,11H,4,7-10,12H2,1-3H3,(H,21,22,24). The Hall–Kier alpha value is -2.54. The molecule has 1 fully saturated rings. The summed E-state index contributed by atoms with van der Waals surface area (Å²) < 4.78 is 43.0. The number of hydrogen-bond acceptors (Lipinski definition) is 9. The van der Waals surface area contributed by atoms with Gasteiger partial charge in [0, 0.05) is 13.1 Å². The summed E-state index contributed by atoms with van der Waals surface area (Å²) in [6.45, 7) is 4.76. The zero-order valence-electron chi connectivity index (χ0n) is 18.0. The van der Waals surface area contributed by atoms with E-state index in [0.717, 1.165) is 11.3 Å². The number of methoxy groups -OCH3 is 1. The van der Waals surface area contributed by atoms with E-state index in [4.69, 9.17) is 14.2 Å². The van der Waals surface area contributed by atoms with Crippen LogP contribution in [0.25, 0.3) is 0 Å². The van der Waals surface area contributed by atoms with Crippen LogP contribution < -0.4 is 10.1 Å². The predicted octanol–water partition coefficient (Wildman–Crippen LogP) is 1.84. The minimum atomic E-state index is -3.80. The van der Waals surface area contributed by atoms with Gasteiger partial charge in [-0.25, -0.2) is 18.2 Å². The highest BCUT2D eigenvalue weighted by atomic mass is 32.2. The maximum absolute atomic E-state index is 13.1. The van der Waals surface area contributed by atoms with E-state index >= 15 is 0 Å². The molecule has 0 radical (unpaired) electrons. The first-order valence-electron chi connectivity index (χ1n) is 9.95. The summed E-state index contributed by atoms with van der Waals surface area (Å²) in [6, 6.07) is 4.61. The highest BCUT2D eigenvalue weighted by Gasteiger charge is 2.29. The number of rotatable bonds is 8. The molecule has 10 nitrogen and oxygen atoms in total. The summed E-state index contributed by atoms with van der Waals surface area (Å²) >= 11 is 1.03. The van der Waals surface area contributed by atoms with Crippen molar-refractivity contribution in [3.8, 4) is 5.75 Å². The quantitative estimate of drug-likeness (QED) is 0.564. The van der Waals surface area contributed by atoms with Gasteiger partial charge in [0.1, 0.15) is 15.5 Å². The molecule has 1 aliphatic heterocycles. The smallest absolute Gasteiger partial charge is 0.350 e. The highest BCUT2D eigenvalue weighted by molar-refractivity contribution is 7.89. The number of hydrogen-bond donors (Lipinski definition) is 1. The number of nitrogens with one attached hydrogen (secondary N) is 1. The molecule has 174 valence electrons. The third-order valence-electron chi connectivity index (χ3n) is 4.68. The predicted molar refractivity (Wildman–Crippen MR) is 118 cm³/mol. The van der Waals surface area contributed by atoms with Gasteiger partial charge in [0.25, 0.3) is 0 Å². The van der Waals surface area contributed by atoms with Gasteiger partial charge in [-0.1, -0.05) is 17.4 Å². The van der Waals surface area contributed by atoms with Crippen molar-refractivity contribution in [2.45, 2.75) is 25.2 Å². The van der Waals surface area contributed by atoms with Crippen LogP contribution >= 0.6 is 11.3 Å². The number of morpholine rings is 1. The van der Waals surface area contributed by atoms with E-state index in [2.05, 4.69) is 10.3 Å². The normalized spacial score (nSPS) is 14.7. The van der Waals surface area contributed by atoms with Crippen molar-refractivity contribution in [1.29, 1.82) is 0 Å². The largest absolute Gasteiger partial charge is 0.495 e. The lowest BCUT2D eigenvalue weighted by atomic mass is 10.1. The summed E-state index contributed by atoms with van der Waals surface area (Å²) in [7, 11) is -2.41. The molecule has 0 saturated carbocycles. The van der Waals surface area contributed by atoms with Gasteiger partial charge in [0.2, 0.25) is 15.9 Å². The fourth-order valence-electron chi connectivity index (χ4n) is 3.14. The second kappa shape index (κ2) is 10.4. The Kier molecular flexibility index (Phi) is 7.82. The van der Waals surface area contributed by atoms with Crippen molar-refractivity contribution >= 4 is 38.4 Å². The first-order valence-corrected chi connectivity index (χ1v) is 12.2. The van der Waals surface area contributed by atoms with Crippen molar-refractivity contribution in [2.24, 2.45) is 0 Å². The first-order chi connectivity index (χ1) is 15.3. The number of aromatic nitrogens is 1. The molecule has 3 rings (SSSR count). The maximum atomic E-state index is 13.1. The Bertz CT molecular complexity index is 1090. The molecule has 0 atom stereocenters. The molecular weight excluding hydrogens is 458 g/mol. The summed E-state index contributed by atoms with van der Waals surface area (Å²) in [5.74, 6) is -0.680. The molecule has 1 aromatic carbocycles. The van der Waals surface area contributed by atoms with Crippen molar-refractivity contribution in [2.75, 3.05) is 45.3 Å². The number of carbonyl (C=O) groups is 2. The number of nitrogens with zero attached hydrogens (tertiary/aromatic N) is 2. The number of ether oxygens (including phenoxy) is 3. The molecular formula is C20H25N3O7S2. The number of aryl methyl sites for hydroxylation is 1. The van der Waals surface area contributed by atoms with Gasteiger partial charge in [-0.3, -0.25) is 4.79 Å². The Balaban J connectivity index is 1.76. The number of benzene rings is 1. The molecule has 2 heterocycles. The average molecular weight is 484 g/mol. The lowest BCUT2D eigenvalue weighted by Gasteiger charge is -2.26. The molecule has 32 heavy (non-hydrogen) atoms. The first kappa shape index (κ1) is 24.1. The van der Waals surface area contributed by atoms with Gasteiger partial charge in [-0.2, -0.15) is 4.31 Å². The molecule has 0 unspecified atom stereocenters. The zero-order valence-corrected chi connectivity index (χ0v) is 19.7.